The van der Waals surface area contributed by atoms with E-state index in [9.17, 15) is 5.11 Å². The molecule has 0 aliphatic rings. The van der Waals surface area contributed by atoms with Gasteiger partial charge in [-0.2, -0.15) is 0 Å². The SMILES string of the molecule is CC(C)CCN(CCC(C)C)CC(O)c1ccc(N)cc1. The van der Waals surface area contributed by atoms with Crippen LogP contribution in [0.25, 0.3) is 0 Å². The second kappa shape index (κ2) is 9.06. The molecule has 0 saturated carbocycles. The number of hydrogen-bond donors (Lipinski definition) is 2. The minimum absolute atomic E-state index is 0.440. The molecule has 3 heteroatoms. The summed E-state index contributed by atoms with van der Waals surface area (Å²) < 4.78 is 0. The van der Waals surface area contributed by atoms with Crippen LogP contribution in [0.1, 0.15) is 52.2 Å². The number of anilines is 1. The molecule has 0 radical (unpaired) electrons. The highest BCUT2D eigenvalue weighted by molar-refractivity contribution is 5.39. The van der Waals surface area contributed by atoms with Crippen molar-refractivity contribution in [3.8, 4) is 0 Å². The first-order valence-electron chi connectivity index (χ1n) is 8.14. The molecule has 1 aromatic rings. The van der Waals surface area contributed by atoms with Crippen LogP contribution in [-0.2, 0) is 0 Å². The highest BCUT2D eigenvalue weighted by Gasteiger charge is 2.14. The van der Waals surface area contributed by atoms with E-state index in [0.29, 0.717) is 18.4 Å². The number of hydrogen-bond acceptors (Lipinski definition) is 3. The van der Waals surface area contributed by atoms with Gasteiger partial charge in [-0.3, -0.25) is 0 Å². The van der Waals surface area contributed by atoms with E-state index in [1.165, 1.54) is 12.8 Å². The van der Waals surface area contributed by atoms with Crippen molar-refractivity contribution in [1.29, 1.82) is 0 Å². The van der Waals surface area contributed by atoms with Crippen molar-refractivity contribution >= 4 is 5.69 Å². The van der Waals surface area contributed by atoms with Crippen molar-refractivity contribution < 1.29 is 5.11 Å². The van der Waals surface area contributed by atoms with E-state index >= 15 is 0 Å². The zero-order chi connectivity index (χ0) is 15.8. The molecule has 3 N–H and O–H groups in total. The lowest BCUT2D eigenvalue weighted by atomic mass is 10.1. The van der Waals surface area contributed by atoms with Crippen molar-refractivity contribution in [3.63, 3.8) is 0 Å². The van der Waals surface area contributed by atoms with Gasteiger partial charge in [0.05, 0.1) is 6.10 Å². The predicted molar refractivity (Wildman–Crippen MR) is 91.2 cm³/mol. The fourth-order valence-electron chi connectivity index (χ4n) is 2.24. The van der Waals surface area contributed by atoms with Gasteiger partial charge in [0, 0.05) is 12.2 Å². The van der Waals surface area contributed by atoms with Crippen LogP contribution < -0.4 is 5.73 Å². The van der Waals surface area contributed by atoms with Gasteiger partial charge in [-0.15, -0.1) is 0 Å². The van der Waals surface area contributed by atoms with Crippen LogP contribution in [0.4, 0.5) is 5.69 Å². The van der Waals surface area contributed by atoms with Crippen molar-refractivity contribution in [2.45, 2.75) is 46.6 Å². The van der Waals surface area contributed by atoms with Gasteiger partial charge in [-0.1, -0.05) is 39.8 Å². The summed E-state index contributed by atoms with van der Waals surface area (Å²) in [6.45, 7) is 11.8. The summed E-state index contributed by atoms with van der Waals surface area (Å²) in [6, 6.07) is 7.54. The molecule has 0 amide bonds. The fourth-order valence-corrected chi connectivity index (χ4v) is 2.24. The minimum atomic E-state index is -0.440. The lowest BCUT2D eigenvalue weighted by Crippen LogP contribution is -2.32. The number of nitrogen functional groups attached to an aromatic ring is 1. The zero-order valence-electron chi connectivity index (χ0n) is 14.0. The van der Waals surface area contributed by atoms with Crippen molar-refractivity contribution in [3.05, 3.63) is 29.8 Å². The largest absolute Gasteiger partial charge is 0.399 e. The van der Waals surface area contributed by atoms with E-state index in [4.69, 9.17) is 5.73 Å². The molecule has 120 valence electrons. The van der Waals surface area contributed by atoms with Gasteiger partial charge in [0.25, 0.3) is 0 Å². The maximum atomic E-state index is 10.4. The van der Waals surface area contributed by atoms with Gasteiger partial charge in [0.2, 0.25) is 0 Å². The molecule has 21 heavy (non-hydrogen) atoms. The number of aliphatic hydroxyl groups is 1. The first-order chi connectivity index (χ1) is 9.88. The van der Waals surface area contributed by atoms with Gasteiger partial charge in [0.15, 0.2) is 0 Å². The fraction of sp³-hybridized carbons (Fsp3) is 0.667. The summed E-state index contributed by atoms with van der Waals surface area (Å²) in [5.41, 5.74) is 7.38. The van der Waals surface area contributed by atoms with Gasteiger partial charge < -0.3 is 15.7 Å². The molecule has 3 nitrogen and oxygen atoms in total. The van der Waals surface area contributed by atoms with E-state index in [-0.39, 0.29) is 0 Å². The first kappa shape index (κ1) is 18.0. The van der Waals surface area contributed by atoms with E-state index in [2.05, 4.69) is 32.6 Å². The summed E-state index contributed by atoms with van der Waals surface area (Å²) in [5.74, 6) is 1.39. The summed E-state index contributed by atoms with van der Waals surface area (Å²) >= 11 is 0. The Balaban J connectivity index is 2.58. The van der Waals surface area contributed by atoms with Crippen LogP contribution in [0.15, 0.2) is 24.3 Å². The third-order valence-corrected chi connectivity index (χ3v) is 3.80. The molecule has 1 atom stereocenters. The van der Waals surface area contributed by atoms with E-state index in [0.717, 1.165) is 24.3 Å². The molecule has 1 aromatic carbocycles. The van der Waals surface area contributed by atoms with Crippen LogP contribution >= 0.6 is 0 Å². The Morgan fingerprint density at radius 3 is 1.86 bits per heavy atom. The van der Waals surface area contributed by atoms with Crippen LogP contribution in [0.2, 0.25) is 0 Å². The lowest BCUT2D eigenvalue weighted by Gasteiger charge is -2.26. The van der Waals surface area contributed by atoms with Crippen LogP contribution in [0.5, 0.6) is 0 Å². The molecule has 0 saturated heterocycles. The first-order valence-corrected chi connectivity index (χ1v) is 8.14. The topological polar surface area (TPSA) is 49.5 Å². The number of rotatable bonds is 9. The zero-order valence-corrected chi connectivity index (χ0v) is 14.0. The molecule has 0 bridgehead atoms. The summed E-state index contributed by atoms with van der Waals surface area (Å²) in [7, 11) is 0. The quantitative estimate of drug-likeness (QED) is 0.682. The highest BCUT2D eigenvalue weighted by Crippen LogP contribution is 2.17. The van der Waals surface area contributed by atoms with Crippen molar-refractivity contribution in [1.82, 2.24) is 4.90 Å². The lowest BCUT2D eigenvalue weighted by molar-refractivity contribution is 0.107. The molecule has 0 fully saturated rings. The van der Waals surface area contributed by atoms with E-state index < -0.39 is 6.10 Å². The van der Waals surface area contributed by atoms with Crippen molar-refractivity contribution in [2.75, 3.05) is 25.4 Å². The maximum absolute atomic E-state index is 10.4. The van der Waals surface area contributed by atoms with Gasteiger partial charge >= 0.3 is 0 Å². The Bertz CT molecular complexity index is 375. The van der Waals surface area contributed by atoms with Crippen LogP contribution in [-0.4, -0.2) is 29.6 Å². The average molecular weight is 292 g/mol. The Morgan fingerprint density at radius 1 is 0.952 bits per heavy atom. The second-order valence-corrected chi connectivity index (χ2v) is 6.85. The summed E-state index contributed by atoms with van der Waals surface area (Å²) in [5, 5.41) is 10.4. The van der Waals surface area contributed by atoms with E-state index in [1.807, 2.05) is 24.3 Å². The Morgan fingerprint density at radius 2 is 1.43 bits per heavy atom. The van der Waals surface area contributed by atoms with Gasteiger partial charge in [-0.05, 0) is 55.5 Å². The normalized spacial score (nSPS) is 13.3. The molecular weight excluding hydrogens is 260 g/mol. The molecule has 0 heterocycles. The predicted octanol–water partition coefficient (Wildman–Crippen LogP) is 3.70. The summed E-state index contributed by atoms with van der Waals surface area (Å²) in [6.07, 6.45) is 1.91. The maximum Gasteiger partial charge on any atom is 0.0916 e. The number of nitrogens with two attached hydrogens (primary N) is 1. The molecule has 1 unspecified atom stereocenters. The molecule has 0 aliphatic carbocycles. The smallest absolute Gasteiger partial charge is 0.0916 e. The van der Waals surface area contributed by atoms with E-state index in [1.54, 1.807) is 0 Å². The minimum Gasteiger partial charge on any atom is -0.399 e. The number of aliphatic hydroxyl groups excluding tert-OH is 1. The third kappa shape index (κ3) is 7.49. The highest BCUT2D eigenvalue weighted by atomic mass is 16.3. The Hall–Kier alpha value is -1.06. The standard InChI is InChI=1S/C18H32N2O/c1-14(2)9-11-20(12-10-15(3)4)13-18(21)16-5-7-17(19)8-6-16/h5-8,14-15,18,21H,9-13,19H2,1-4H3. The number of benzene rings is 1. The molecular formula is C18H32N2O. The van der Waals surface area contributed by atoms with Gasteiger partial charge in [0.1, 0.15) is 0 Å². The van der Waals surface area contributed by atoms with Crippen molar-refractivity contribution in [2.24, 2.45) is 11.8 Å². The van der Waals surface area contributed by atoms with Crippen LogP contribution in [0.3, 0.4) is 0 Å². The molecule has 0 aliphatic heterocycles. The average Bonchev–Trinajstić information content (AvgIpc) is 2.42. The number of nitrogens with zero attached hydrogens (tertiary/aromatic N) is 1. The van der Waals surface area contributed by atoms with Crippen LogP contribution in [0, 0.1) is 11.8 Å². The third-order valence-electron chi connectivity index (χ3n) is 3.80. The Labute approximate surface area is 130 Å². The Kier molecular flexibility index (Phi) is 7.76. The summed E-state index contributed by atoms with van der Waals surface area (Å²) in [4.78, 5) is 2.39. The monoisotopic (exact) mass is 292 g/mol. The van der Waals surface area contributed by atoms with Gasteiger partial charge in [-0.25, -0.2) is 0 Å². The second-order valence-electron chi connectivity index (χ2n) is 6.85. The molecule has 0 aromatic heterocycles. The molecule has 1 rings (SSSR count). The molecule has 0 spiro atoms.